The maximum Gasteiger partial charge on any atom is 0.0518 e. The Balaban J connectivity index is 1.54. The van der Waals surface area contributed by atoms with Crippen LogP contribution in [0.15, 0.2) is 0 Å². The van der Waals surface area contributed by atoms with Crippen molar-refractivity contribution in [3.63, 3.8) is 0 Å². The first-order chi connectivity index (χ1) is 9.77. The van der Waals surface area contributed by atoms with Gasteiger partial charge in [-0.25, -0.2) is 0 Å². The summed E-state index contributed by atoms with van der Waals surface area (Å²) in [6.07, 6.45) is 10.3. The monoisotopic (exact) mass is 282 g/mol. The molecule has 118 valence electrons. The van der Waals surface area contributed by atoms with Gasteiger partial charge < -0.3 is 10.1 Å². The normalized spacial score (nSPS) is 27.8. The van der Waals surface area contributed by atoms with E-state index in [4.69, 9.17) is 4.74 Å². The largest absolute Gasteiger partial charge is 0.379 e. The molecule has 1 saturated heterocycles. The van der Waals surface area contributed by atoms with Crippen molar-refractivity contribution in [3.8, 4) is 0 Å². The quantitative estimate of drug-likeness (QED) is 0.693. The van der Waals surface area contributed by atoms with Crippen LogP contribution in [0.2, 0.25) is 0 Å². The molecule has 0 aromatic carbocycles. The first kappa shape index (κ1) is 16.3. The number of ether oxygens (including phenoxy) is 1. The van der Waals surface area contributed by atoms with Crippen molar-refractivity contribution in [3.05, 3.63) is 0 Å². The lowest BCUT2D eigenvalue weighted by Gasteiger charge is -2.44. The van der Waals surface area contributed by atoms with Crippen LogP contribution in [0.1, 0.15) is 58.8 Å². The van der Waals surface area contributed by atoms with Gasteiger partial charge in [0.05, 0.1) is 6.10 Å². The summed E-state index contributed by atoms with van der Waals surface area (Å²) in [6, 6.07) is 0.906. The van der Waals surface area contributed by atoms with Crippen LogP contribution < -0.4 is 5.32 Å². The highest BCUT2D eigenvalue weighted by Gasteiger charge is 2.32. The third-order valence-corrected chi connectivity index (χ3v) is 4.88. The molecule has 1 aliphatic carbocycles. The highest BCUT2D eigenvalue weighted by molar-refractivity contribution is 4.87. The molecular weight excluding hydrogens is 248 g/mol. The van der Waals surface area contributed by atoms with Crippen LogP contribution >= 0.6 is 0 Å². The van der Waals surface area contributed by atoms with Crippen molar-refractivity contribution in [1.82, 2.24) is 10.2 Å². The first-order valence-electron chi connectivity index (χ1n) is 8.83. The molecule has 0 aromatic heterocycles. The molecule has 1 aliphatic heterocycles. The summed E-state index contributed by atoms with van der Waals surface area (Å²) in [5.41, 5.74) is 0. The van der Waals surface area contributed by atoms with Gasteiger partial charge in [-0.05, 0) is 65.0 Å². The Labute approximate surface area is 125 Å². The van der Waals surface area contributed by atoms with Crippen molar-refractivity contribution in [1.29, 1.82) is 0 Å². The second kappa shape index (κ2) is 9.01. The average Bonchev–Trinajstić information content (AvgIpc) is 2.46. The molecule has 3 nitrogen and oxygen atoms in total. The maximum atomic E-state index is 5.56. The molecule has 0 aromatic rings. The summed E-state index contributed by atoms with van der Waals surface area (Å²) < 4.78 is 5.56. The number of hydrogen-bond acceptors (Lipinski definition) is 3. The van der Waals surface area contributed by atoms with Crippen molar-refractivity contribution < 1.29 is 4.74 Å². The minimum Gasteiger partial charge on any atom is -0.379 e. The minimum absolute atomic E-state index is 0.367. The summed E-state index contributed by atoms with van der Waals surface area (Å²) in [6.45, 7) is 9.90. The lowest BCUT2D eigenvalue weighted by molar-refractivity contribution is 0.0608. The zero-order valence-corrected chi connectivity index (χ0v) is 13.6. The van der Waals surface area contributed by atoms with Crippen LogP contribution in [-0.4, -0.2) is 49.8 Å². The average molecular weight is 282 g/mol. The minimum atomic E-state index is 0.367. The third-order valence-electron chi connectivity index (χ3n) is 4.88. The van der Waals surface area contributed by atoms with Gasteiger partial charge in [-0.2, -0.15) is 0 Å². The van der Waals surface area contributed by atoms with E-state index in [2.05, 4.69) is 24.1 Å². The molecule has 2 aliphatic rings. The predicted molar refractivity (Wildman–Crippen MR) is 85.1 cm³/mol. The fourth-order valence-corrected chi connectivity index (χ4v) is 3.87. The van der Waals surface area contributed by atoms with Gasteiger partial charge >= 0.3 is 0 Å². The van der Waals surface area contributed by atoms with E-state index in [9.17, 15) is 0 Å². The second-order valence-electron chi connectivity index (χ2n) is 6.81. The van der Waals surface area contributed by atoms with E-state index in [1.54, 1.807) is 0 Å². The van der Waals surface area contributed by atoms with Crippen molar-refractivity contribution in [2.75, 3.05) is 32.8 Å². The van der Waals surface area contributed by atoms with Gasteiger partial charge in [0.2, 0.25) is 0 Å². The summed E-state index contributed by atoms with van der Waals surface area (Å²) in [7, 11) is 0. The van der Waals surface area contributed by atoms with E-state index in [0.717, 1.165) is 38.1 Å². The van der Waals surface area contributed by atoms with Crippen LogP contribution in [0.25, 0.3) is 0 Å². The molecule has 0 radical (unpaired) electrons. The van der Waals surface area contributed by atoms with Gasteiger partial charge in [-0.3, -0.25) is 4.90 Å². The van der Waals surface area contributed by atoms with Crippen LogP contribution in [0.5, 0.6) is 0 Å². The highest BCUT2D eigenvalue weighted by Crippen LogP contribution is 2.34. The smallest absolute Gasteiger partial charge is 0.0518 e. The van der Waals surface area contributed by atoms with Crippen molar-refractivity contribution in [2.45, 2.75) is 70.9 Å². The zero-order chi connectivity index (χ0) is 14.2. The SMILES string of the molecule is CC(C)OCCCNCCN1CCC[C@H]2CCCC[C@H]21. The number of hydrogen-bond donors (Lipinski definition) is 1. The van der Waals surface area contributed by atoms with E-state index >= 15 is 0 Å². The zero-order valence-electron chi connectivity index (χ0n) is 13.6. The first-order valence-corrected chi connectivity index (χ1v) is 8.83. The molecule has 1 N–H and O–H groups in total. The molecule has 2 rings (SSSR count). The van der Waals surface area contributed by atoms with E-state index < -0.39 is 0 Å². The molecule has 3 heteroatoms. The topological polar surface area (TPSA) is 24.5 Å². The molecule has 2 fully saturated rings. The van der Waals surface area contributed by atoms with Crippen molar-refractivity contribution in [2.24, 2.45) is 5.92 Å². The van der Waals surface area contributed by atoms with E-state index in [-0.39, 0.29) is 0 Å². The van der Waals surface area contributed by atoms with Gasteiger partial charge in [-0.1, -0.05) is 12.8 Å². The fourth-order valence-electron chi connectivity index (χ4n) is 3.87. The summed E-state index contributed by atoms with van der Waals surface area (Å²) >= 11 is 0. The van der Waals surface area contributed by atoms with Gasteiger partial charge in [0, 0.05) is 25.7 Å². The van der Waals surface area contributed by atoms with Gasteiger partial charge in [0.1, 0.15) is 0 Å². The molecule has 0 bridgehead atoms. The number of rotatable bonds is 8. The van der Waals surface area contributed by atoms with Crippen LogP contribution in [0, 0.1) is 5.92 Å². The molecule has 20 heavy (non-hydrogen) atoms. The standard InChI is InChI=1S/C17H34N2O/c1-15(2)20-14-6-10-18-11-13-19-12-5-8-16-7-3-4-9-17(16)19/h15-18H,3-14H2,1-2H3/t16-,17-/m1/s1. The molecular formula is C17H34N2O. The molecule has 0 amide bonds. The summed E-state index contributed by atoms with van der Waals surface area (Å²) in [4.78, 5) is 2.77. The lowest BCUT2D eigenvalue weighted by atomic mass is 9.78. The fraction of sp³-hybridized carbons (Fsp3) is 1.00. The third kappa shape index (κ3) is 5.34. The maximum absolute atomic E-state index is 5.56. The van der Waals surface area contributed by atoms with Crippen LogP contribution in [0.4, 0.5) is 0 Å². The number of fused-ring (bicyclic) bond motifs is 1. The van der Waals surface area contributed by atoms with Gasteiger partial charge in [0.15, 0.2) is 0 Å². The number of piperidine rings is 1. The van der Waals surface area contributed by atoms with E-state index in [1.807, 2.05) is 0 Å². The van der Waals surface area contributed by atoms with Crippen LogP contribution in [0.3, 0.4) is 0 Å². The summed E-state index contributed by atoms with van der Waals surface area (Å²) in [5.74, 6) is 1.01. The highest BCUT2D eigenvalue weighted by atomic mass is 16.5. The Bertz CT molecular complexity index is 255. The Kier molecular flexibility index (Phi) is 7.32. The molecule has 0 unspecified atom stereocenters. The summed E-state index contributed by atoms with van der Waals surface area (Å²) in [5, 5.41) is 3.58. The molecule has 2 atom stereocenters. The van der Waals surface area contributed by atoms with Crippen LogP contribution in [-0.2, 0) is 4.74 Å². The molecule has 1 heterocycles. The predicted octanol–water partition coefficient (Wildman–Crippen LogP) is 3.05. The Morgan fingerprint density at radius 1 is 1.10 bits per heavy atom. The Morgan fingerprint density at radius 3 is 2.75 bits per heavy atom. The van der Waals surface area contributed by atoms with Crippen molar-refractivity contribution >= 4 is 0 Å². The number of nitrogens with zero attached hydrogens (tertiary/aromatic N) is 1. The van der Waals surface area contributed by atoms with E-state index in [0.29, 0.717) is 6.10 Å². The number of likely N-dealkylation sites (tertiary alicyclic amines) is 1. The van der Waals surface area contributed by atoms with E-state index in [1.165, 1.54) is 51.6 Å². The van der Waals surface area contributed by atoms with Gasteiger partial charge in [0.25, 0.3) is 0 Å². The molecule has 0 spiro atoms. The number of nitrogens with one attached hydrogen (secondary N) is 1. The molecule has 1 saturated carbocycles. The Morgan fingerprint density at radius 2 is 1.90 bits per heavy atom. The Hall–Kier alpha value is -0.120. The second-order valence-corrected chi connectivity index (χ2v) is 6.81. The lowest BCUT2D eigenvalue weighted by Crippen LogP contribution is -2.48. The van der Waals surface area contributed by atoms with Gasteiger partial charge in [-0.15, -0.1) is 0 Å².